The fraction of sp³-hybridized carbons (Fsp3) is 0.200. The van der Waals surface area contributed by atoms with Crippen molar-refractivity contribution in [1.82, 2.24) is 0 Å². The molecule has 0 spiro atoms. The van der Waals surface area contributed by atoms with Crippen molar-refractivity contribution in [2.24, 2.45) is 0 Å². The molecule has 0 aliphatic rings. The van der Waals surface area contributed by atoms with E-state index in [2.05, 4.69) is 22.5 Å². The number of hydrogen-bond acceptors (Lipinski definition) is 2. The van der Waals surface area contributed by atoms with Crippen LogP contribution >= 0.6 is 15.9 Å². The first kappa shape index (κ1) is 10.3. The minimum absolute atomic E-state index is 0.623. The van der Waals surface area contributed by atoms with Crippen LogP contribution in [-0.4, -0.2) is 12.2 Å². The van der Waals surface area contributed by atoms with Crippen LogP contribution in [-0.2, 0) is 0 Å². The average molecular weight is 243 g/mol. The Kier molecular flexibility index (Phi) is 3.51. The van der Waals surface area contributed by atoms with Crippen LogP contribution in [0.1, 0.15) is 11.7 Å². The molecule has 0 radical (unpaired) electrons. The first-order valence-electron chi connectivity index (χ1n) is 3.83. The lowest BCUT2D eigenvalue weighted by Gasteiger charge is -2.08. The molecule has 2 nitrogen and oxygen atoms in total. The van der Waals surface area contributed by atoms with Crippen molar-refractivity contribution in [3.63, 3.8) is 0 Å². The summed E-state index contributed by atoms with van der Waals surface area (Å²) in [5.74, 6) is 0.750. The third-order valence-corrected chi connectivity index (χ3v) is 2.36. The molecule has 0 saturated heterocycles. The fourth-order valence-corrected chi connectivity index (χ4v) is 1.56. The highest BCUT2D eigenvalue weighted by atomic mass is 79.9. The van der Waals surface area contributed by atoms with Gasteiger partial charge in [0.1, 0.15) is 5.75 Å². The van der Waals surface area contributed by atoms with Crippen LogP contribution in [0.4, 0.5) is 0 Å². The Bertz CT molecular complexity index is 310. The first-order chi connectivity index (χ1) is 6.19. The molecule has 13 heavy (non-hydrogen) atoms. The highest BCUT2D eigenvalue weighted by Gasteiger charge is 2.05. The number of halogens is 1. The summed E-state index contributed by atoms with van der Waals surface area (Å²) in [6.07, 6.45) is 0.857. The lowest BCUT2D eigenvalue weighted by molar-refractivity contribution is 0.229. The molecule has 1 aromatic carbocycles. The van der Waals surface area contributed by atoms with Crippen molar-refractivity contribution in [2.75, 3.05) is 7.11 Å². The summed E-state index contributed by atoms with van der Waals surface area (Å²) in [7, 11) is 1.60. The molecule has 1 atom stereocenters. The van der Waals surface area contributed by atoms with Gasteiger partial charge in [-0.05, 0) is 33.6 Å². The topological polar surface area (TPSA) is 29.5 Å². The summed E-state index contributed by atoms with van der Waals surface area (Å²) in [6, 6.07) is 5.41. The SMILES string of the molecule is C=CC(O)c1ccc(OC)c(Br)c1. The van der Waals surface area contributed by atoms with Crippen LogP contribution in [0, 0.1) is 0 Å². The van der Waals surface area contributed by atoms with Crippen molar-refractivity contribution in [3.05, 3.63) is 40.9 Å². The largest absolute Gasteiger partial charge is 0.496 e. The molecule has 0 saturated carbocycles. The van der Waals surface area contributed by atoms with E-state index in [4.69, 9.17) is 4.74 Å². The van der Waals surface area contributed by atoms with Crippen molar-refractivity contribution in [1.29, 1.82) is 0 Å². The van der Waals surface area contributed by atoms with E-state index in [1.54, 1.807) is 19.2 Å². The van der Waals surface area contributed by atoms with Gasteiger partial charge in [0.25, 0.3) is 0 Å². The molecule has 1 unspecified atom stereocenters. The summed E-state index contributed by atoms with van der Waals surface area (Å²) in [4.78, 5) is 0. The van der Waals surface area contributed by atoms with E-state index in [0.29, 0.717) is 0 Å². The molecule has 0 heterocycles. The molecule has 3 heteroatoms. The van der Waals surface area contributed by atoms with Gasteiger partial charge in [-0.3, -0.25) is 0 Å². The zero-order valence-electron chi connectivity index (χ0n) is 7.33. The number of benzene rings is 1. The van der Waals surface area contributed by atoms with Crippen LogP contribution in [0.3, 0.4) is 0 Å². The fourth-order valence-electron chi connectivity index (χ4n) is 1.00. The molecule has 0 aliphatic carbocycles. The standard InChI is InChI=1S/C10H11BrO2/c1-3-9(12)7-4-5-10(13-2)8(11)6-7/h3-6,9,12H,1H2,2H3. The monoisotopic (exact) mass is 242 g/mol. The molecule has 70 valence electrons. The normalized spacial score (nSPS) is 12.2. The maximum atomic E-state index is 9.44. The predicted octanol–water partition coefficient (Wildman–Crippen LogP) is 2.68. The number of hydrogen-bond donors (Lipinski definition) is 1. The quantitative estimate of drug-likeness (QED) is 0.827. The van der Waals surface area contributed by atoms with Gasteiger partial charge in [0.2, 0.25) is 0 Å². The second-order valence-electron chi connectivity index (χ2n) is 2.57. The molecular formula is C10H11BrO2. The summed E-state index contributed by atoms with van der Waals surface area (Å²) >= 11 is 3.33. The van der Waals surface area contributed by atoms with Crippen molar-refractivity contribution < 1.29 is 9.84 Å². The van der Waals surface area contributed by atoms with Gasteiger partial charge in [0.15, 0.2) is 0 Å². The summed E-state index contributed by atoms with van der Waals surface area (Å²) in [5.41, 5.74) is 0.794. The molecule has 1 rings (SSSR count). The van der Waals surface area contributed by atoms with Gasteiger partial charge in [-0.1, -0.05) is 12.1 Å². The van der Waals surface area contributed by atoms with Crippen LogP contribution in [0.5, 0.6) is 5.75 Å². The van der Waals surface area contributed by atoms with Gasteiger partial charge in [-0.2, -0.15) is 0 Å². The van der Waals surface area contributed by atoms with Gasteiger partial charge in [0.05, 0.1) is 17.7 Å². The van der Waals surface area contributed by atoms with E-state index < -0.39 is 6.10 Å². The minimum atomic E-state index is -0.623. The smallest absolute Gasteiger partial charge is 0.133 e. The van der Waals surface area contributed by atoms with E-state index in [-0.39, 0.29) is 0 Å². The van der Waals surface area contributed by atoms with Crippen LogP contribution in [0.2, 0.25) is 0 Å². The van der Waals surface area contributed by atoms with Crippen LogP contribution < -0.4 is 4.74 Å². The molecule has 1 N–H and O–H groups in total. The third-order valence-electron chi connectivity index (χ3n) is 1.74. The lowest BCUT2D eigenvalue weighted by Crippen LogP contribution is -1.93. The highest BCUT2D eigenvalue weighted by Crippen LogP contribution is 2.28. The predicted molar refractivity (Wildman–Crippen MR) is 55.9 cm³/mol. The molecule has 0 amide bonds. The second-order valence-corrected chi connectivity index (χ2v) is 3.43. The van der Waals surface area contributed by atoms with Crippen molar-refractivity contribution in [2.45, 2.75) is 6.10 Å². The summed E-state index contributed by atoms with van der Waals surface area (Å²) < 4.78 is 5.89. The van der Waals surface area contributed by atoms with Gasteiger partial charge >= 0.3 is 0 Å². The second kappa shape index (κ2) is 4.44. The minimum Gasteiger partial charge on any atom is -0.496 e. The van der Waals surface area contributed by atoms with Crippen LogP contribution in [0.25, 0.3) is 0 Å². The van der Waals surface area contributed by atoms with E-state index in [0.717, 1.165) is 15.8 Å². The number of aliphatic hydroxyl groups excluding tert-OH is 1. The van der Waals surface area contributed by atoms with Gasteiger partial charge in [-0.25, -0.2) is 0 Å². The zero-order chi connectivity index (χ0) is 9.84. The average Bonchev–Trinajstić information content (AvgIpc) is 2.16. The Hall–Kier alpha value is -0.800. The number of ether oxygens (including phenoxy) is 1. The van der Waals surface area contributed by atoms with E-state index in [1.807, 2.05) is 6.07 Å². The molecule has 0 bridgehead atoms. The van der Waals surface area contributed by atoms with Crippen LogP contribution in [0.15, 0.2) is 35.3 Å². The summed E-state index contributed by atoms with van der Waals surface area (Å²) in [5, 5.41) is 9.44. The molecule has 1 aromatic rings. The maximum absolute atomic E-state index is 9.44. The molecule has 0 aromatic heterocycles. The molecule has 0 fully saturated rings. The number of aliphatic hydroxyl groups is 1. The Morgan fingerprint density at radius 2 is 2.31 bits per heavy atom. The van der Waals surface area contributed by atoms with E-state index in [9.17, 15) is 5.11 Å². The Morgan fingerprint density at radius 1 is 1.62 bits per heavy atom. The Morgan fingerprint density at radius 3 is 2.77 bits per heavy atom. The Balaban J connectivity index is 3.02. The molecular weight excluding hydrogens is 232 g/mol. The number of methoxy groups -OCH3 is 1. The van der Waals surface area contributed by atoms with Crippen molar-refractivity contribution in [3.8, 4) is 5.75 Å². The van der Waals surface area contributed by atoms with Gasteiger partial charge < -0.3 is 9.84 Å². The molecule has 0 aliphatic heterocycles. The number of rotatable bonds is 3. The van der Waals surface area contributed by atoms with Gasteiger partial charge in [-0.15, -0.1) is 6.58 Å². The Labute approximate surface area is 86.0 Å². The van der Waals surface area contributed by atoms with Gasteiger partial charge in [0, 0.05) is 0 Å². The third kappa shape index (κ3) is 2.32. The summed E-state index contributed by atoms with van der Waals surface area (Å²) in [6.45, 7) is 3.51. The zero-order valence-corrected chi connectivity index (χ0v) is 8.91. The van der Waals surface area contributed by atoms with E-state index >= 15 is 0 Å². The van der Waals surface area contributed by atoms with E-state index in [1.165, 1.54) is 6.08 Å². The highest BCUT2D eigenvalue weighted by molar-refractivity contribution is 9.10. The first-order valence-corrected chi connectivity index (χ1v) is 4.62. The maximum Gasteiger partial charge on any atom is 0.133 e. The van der Waals surface area contributed by atoms with Crippen molar-refractivity contribution >= 4 is 15.9 Å². The lowest BCUT2D eigenvalue weighted by atomic mass is 10.1.